The second kappa shape index (κ2) is 7.13. The molecule has 2 atom stereocenters. The fourth-order valence-corrected chi connectivity index (χ4v) is 3.11. The van der Waals surface area contributed by atoms with Gasteiger partial charge in [-0.05, 0) is 19.9 Å². The Bertz CT molecular complexity index is 958. The van der Waals surface area contributed by atoms with E-state index in [2.05, 4.69) is 15.0 Å². The third-order valence-electron chi connectivity index (χ3n) is 4.40. The number of rotatable bonds is 5. The molecule has 0 fully saturated rings. The van der Waals surface area contributed by atoms with Gasteiger partial charge in [0.05, 0.1) is 5.69 Å². The Morgan fingerprint density at radius 3 is 2.44 bits per heavy atom. The van der Waals surface area contributed by atoms with Gasteiger partial charge in [-0.25, -0.2) is 23.7 Å². The Kier molecular flexibility index (Phi) is 5.03. The Morgan fingerprint density at radius 1 is 1.19 bits per heavy atom. The summed E-state index contributed by atoms with van der Waals surface area (Å²) >= 11 is 0. The molecular formula is C19H20F2N4O2. The normalized spacial score (nSPS) is 14.8. The number of nitrogens with zero attached hydrogens (tertiary/aromatic N) is 3. The molecule has 8 heteroatoms. The maximum Gasteiger partial charge on any atom is 0.191 e. The Balaban J connectivity index is 1.97. The van der Waals surface area contributed by atoms with Gasteiger partial charge in [0.2, 0.25) is 0 Å². The molecule has 2 unspecified atom stereocenters. The molecule has 6 nitrogen and oxygen atoms in total. The molecule has 2 aromatic heterocycles. The fourth-order valence-electron chi connectivity index (χ4n) is 3.11. The van der Waals surface area contributed by atoms with Crippen molar-refractivity contribution in [1.82, 2.24) is 15.0 Å². The third-order valence-corrected chi connectivity index (χ3v) is 4.40. The minimum Gasteiger partial charge on any atom is -0.443 e. The van der Waals surface area contributed by atoms with Crippen molar-refractivity contribution in [2.45, 2.75) is 38.8 Å². The van der Waals surface area contributed by atoms with E-state index in [9.17, 15) is 13.9 Å². The number of hydrogen-bond donors (Lipinski definition) is 2. The first kappa shape index (κ1) is 19.1. The summed E-state index contributed by atoms with van der Waals surface area (Å²) in [5, 5.41) is 10.5. The number of halogens is 2. The molecule has 1 aromatic carbocycles. The van der Waals surface area contributed by atoms with E-state index in [1.165, 1.54) is 24.8 Å². The lowest BCUT2D eigenvalue weighted by molar-refractivity contribution is 0.111. The molecule has 3 aromatic rings. The van der Waals surface area contributed by atoms with Crippen molar-refractivity contribution in [1.29, 1.82) is 0 Å². The van der Waals surface area contributed by atoms with E-state index in [0.29, 0.717) is 17.1 Å². The second-order valence-corrected chi connectivity index (χ2v) is 6.76. The number of aliphatic hydroxyl groups excluding tert-OH is 1. The van der Waals surface area contributed by atoms with Crippen LogP contribution in [0.2, 0.25) is 0 Å². The fraction of sp³-hybridized carbons (Fsp3) is 0.316. The predicted molar refractivity (Wildman–Crippen MR) is 94.5 cm³/mol. The maximum atomic E-state index is 14.5. The number of nitrogens with two attached hydrogens (primary N) is 1. The average molecular weight is 374 g/mol. The van der Waals surface area contributed by atoms with Crippen LogP contribution in [-0.2, 0) is 5.54 Å². The molecule has 0 saturated heterocycles. The molecule has 0 radical (unpaired) electrons. The molecule has 0 amide bonds. The zero-order chi connectivity index (χ0) is 19.8. The lowest BCUT2D eigenvalue weighted by Crippen LogP contribution is -2.36. The zero-order valence-corrected chi connectivity index (χ0v) is 15.2. The molecule has 142 valence electrons. The molecule has 0 aliphatic rings. The predicted octanol–water partition coefficient (Wildman–Crippen LogP) is 3.32. The van der Waals surface area contributed by atoms with Crippen LogP contribution >= 0.6 is 0 Å². The first-order chi connectivity index (χ1) is 12.7. The highest BCUT2D eigenvalue weighted by Crippen LogP contribution is 2.35. The summed E-state index contributed by atoms with van der Waals surface area (Å²) in [5.74, 6) is -0.845. The van der Waals surface area contributed by atoms with Crippen LogP contribution in [-0.4, -0.2) is 20.1 Å². The van der Waals surface area contributed by atoms with Gasteiger partial charge >= 0.3 is 0 Å². The quantitative estimate of drug-likeness (QED) is 0.711. The Labute approximate surface area is 155 Å². The summed E-state index contributed by atoms with van der Waals surface area (Å²) in [6.45, 7) is 4.93. The van der Waals surface area contributed by atoms with Gasteiger partial charge < -0.3 is 15.3 Å². The highest BCUT2D eigenvalue weighted by Gasteiger charge is 2.32. The average Bonchev–Trinajstić information content (AvgIpc) is 2.93. The molecule has 3 rings (SSSR count). The van der Waals surface area contributed by atoms with Gasteiger partial charge in [-0.1, -0.05) is 0 Å². The number of hydrogen-bond acceptors (Lipinski definition) is 6. The summed E-state index contributed by atoms with van der Waals surface area (Å²) in [4.78, 5) is 11.8. The van der Waals surface area contributed by atoms with Gasteiger partial charge in [0.15, 0.2) is 11.7 Å². The van der Waals surface area contributed by atoms with Crippen molar-refractivity contribution in [2.24, 2.45) is 5.73 Å². The molecule has 3 N–H and O–H groups in total. The molecule has 0 spiro atoms. The van der Waals surface area contributed by atoms with E-state index in [1.807, 2.05) is 0 Å². The largest absolute Gasteiger partial charge is 0.443 e. The standard InChI is InChI=1S/C19H20F2N4O2/c1-10-18(27-11(2)25-10)17(26)6-19(3,22)14-4-13(15(20)5-16(14)21)12-7-23-9-24-8-12/h4-5,7-9,17,26H,6,22H2,1-3H3. The van der Waals surface area contributed by atoms with Crippen molar-refractivity contribution in [3.63, 3.8) is 0 Å². The SMILES string of the molecule is Cc1nc(C)c(C(O)CC(C)(N)c2cc(-c3cncnc3)c(F)cc2F)o1. The van der Waals surface area contributed by atoms with Gasteiger partial charge in [0.1, 0.15) is 24.1 Å². The van der Waals surface area contributed by atoms with Crippen molar-refractivity contribution >= 4 is 0 Å². The van der Waals surface area contributed by atoms with E-state index in [4.69, 9.17) is 10.2 Å². The first-order valence-corrected chi connectivity index (χ1v) is 8.35. The molecule has 0 saturated carbocycles. The number of benzene rings is 1. The zero-order valence-electron chi connectivity index (χ0n) is 15.2. The number of aliphatic hydroxyl groups is 1. The smallest absolute Gasteiger partial charge is 0.191 e. The van der Waals surface area contributed by atoms with E-state index in [0.717, 1.165) is 6.07 Å². The lowest BCUT2D eigenvalue weighted by atomic mass is 9.84. The minimum absolute atomic E-state index is 0.0459. The van der Waals surface area contributed by atoms with Crippen LogP contribution in [0, 0.1) is 25.5 Å². The molecule has 2 heterocycles. The summed E-state index contributed by atoms with van der Waals surface area (Å²) in [6, 6.07) is 2.10. The number of aromatic nitrogens is 3. The van der Waals surface area contributed by atoms with Gasteiger partial charge in [0.25, 0.3) is 0 Å². The van der Waals surface area contributed by atoms with Crippen LogP contribution in [0.15, 0.2) is 35.3 Å². The van der Waals surface area contributed by atoms with E-state index < -0.39 is 23.3 Å². The second-order valence-electron chi connectivity index (χ2n) is 6.76. The molecular weight excluding hydrogens is 354 g/mol. The number of oxazole rings is 1. The van der Waals surface area contributed by atoms with E-state index in [-0.39, 0.29) is 23.3 Å². The molecule has 0 aliphatic heterocycles. The van der Waals surface area contributed by atoms with Crippen molar-refractivity contribution in [3.05, 3.63) is 65.4 Å². The summed E-state index contributed by atoms with van der Waals surface area (Å²) in [7, 11) is 0. The monoisotopic (exact) mass is 374 g/mol. The van der Waals surface area contributed by atoms with Crippen molar-refractivity contribution in [2.75, 3.05) is 0 Å². The van der Waals surface area contributed by atoms with Gasteiger partial charge in [-0.15, -0.1) is 0 Å². The molecule has 27 heavy (non-hydrogen) atoms. The lowest BCUT2D eigenvalue weighted by Gasteiger charge is -2.28. The van der Waals surface area contributed by atoms with Crippen LogP contribution in [0.4, 0.5) is 8.78 Å². The Morgan fingerprint density at radius 2 is 1.85 bits per heavy atom. The van der Waals surface area contributed by atoms with Crippen LogP contribution in [0.1, 0.15) is 42.4 Å². The summed E-state index contributed by atoms with van der Waals surface area (Å²) in [6.07, 6.45) is 3.04. The van der Waals surface area contributed by atoms with Crippen LogP contribution in [0.25, 0.3) is 11.1 Å². The summed E-state index contributed by atoms with van der Waals surface area (Å²) < 4.78 is 34.2. The highest BCUT2D eigenvalue weighted by atomic mass is 19.1. The van der Waals surface area contributed by atoms with Crippen LogP contribution in [0.5, 0.6) is 0 Å². The first-order valence-electron chi connectivity index (χ1n) is 8.35. The van der Waals surface area contributed by atoms with Crippen molar-refractivity contribution in [3.8, 4) is 11.1 Å². The third kappa shape index (κ3) is 3.86. The van der Waals surface area contributed by atoms with Crippen LogP contribution < -0.4 is 5.73 Å². The highest BCUT2D eigenvalue weighted by molar-refractivity contribution is 5.63. The number of aryl methyl sites for hydroxylation is 2. The van der Waals surface area contributed by atoms with Crippen molar-refractivity contribution < 1.29 is 18.3 Å². The Hall–Kier alpha value is -2.71. The molecule has 0 bridgehead atoms. The van der Waals surface area contributed by atoms with Gasteiger partial charge in [-0.2, -0.15) is 0 Å². The van der Waals surface area contributed by atoms with Gasteiger partial charge in [0, 0.05) is 54.0 Å². The maximum absolute atomic E-state index is 14.5. The molecule has 0 aliphatic carbocycles. The topological polar surface area (TPSA) is 98.1 Å². The van der Waals surface area contributed by atoms with E-state index >= 15 is 0 Å². The van der Waals surface area contributed by atoms with Gasteiger partial charge in [-0.3, -0.25) is 0 Å². The minimum atomic E-state index is -1.30. The van der Waals surface area contributed by atoms with E-state index in [1.54, 1.807) is 20.8 Å². The summed E-state index contributed by atoms with van der Waals surface area (Å²) in [5.41, 5.74) is 6.15. The van der Waals surface area contributed by atoms with Crippen LogP contribution in [0.3, 0.4) is 0 Å².